The van der Waals surface area contributed by atoms with Crippen LogP contribution in [0.1, 0.15) is 30.4 Å². The molecule has 7 nitrogen and oxygen atoms in total. The fraction of sp³-hybridized carbons (Fsp3) is 0.150. The lowest BCUT2D eigenvalue weighted by Crippen LogP contribution is -2.12. The number of allylic oxidation sites excluding steroid dienone is 2. The predicted octanol–water partition coefficient (Wildman–Crippen LogP) is 4.72. The molecule has 0 atom stereocenters. The molecule has 0 aliphatic heterocycles. The van der Waals surface area contributed by atoms with E-state index in [4.69, 9.17) is 0 Å². The van der Waals surface area contributed by atoms with Crippen molar-refractivity contribution < 1.29 is 14.6 Å². The Kier molecular flexibility index (Phi) is 5.21. The van der Waals surface area contributed by atoms with Gasteiger partial charge in [-0.25, -0.2) is 0 Å². The van der Waals surface area contributed by atoms with Gasteiger partial charge in [-0.05, 0) is 66.8 Å². The van der Waals surface area contributed by atoms with E-state index in [1.807, 2.05) is 0 Å². The molecule has 2 aromatic rings. The standard InChI is InChI=1S/C20H16N2O5/c23-20-16(12-14-4-8-18(9-5-14)21(24)25)2-1-3-17(20)13-15-6-10-19(11-7-15)22(26)27/h4-13H,1-3H2/b16-12+,17-13+. The first kappa shape index (κ1) is 18.2. The van der Waals surface area contributed by atoms with E-state index in [9.17, 15) is 25.0 Å². The zero-order chi connectivity index (χ0) is 19.4. The minimum absolute atomic E-state index is 0.00544. The minimum atomic E-state index is -0.465. The maximum atomic E-state index is 12.7. The third-order valence-corrected chi connectivity index (χ3v) is 4.37. The number of carbonyl (C=O) groups excluding carboxylic acids is 1. The number of ketones is 1. The van der Waals surface area contributed by atoms with E-state index in [1.54, 1.807) is 36.4 Å². The average Bonchev–Trinajstić information content (AvgIpc) is 2.66. The Morgan fingerprint density at radius 2 is 1.07 bits per heavy atom. The van der Waals surface area contributed by atoms with Crippen molar-refractivity contribution in [1.29, 1.82) is 0 Å². The maximum absolute atomic E-state index is 12.7. The Morgan fingerprint density at radius 3 is 1.41 bits per heavy atom. The average molecular weight is 364 g/mol. The van der Waals surface area contributed by atoms with Crippen molar-refractivity contribution in [1.82, 2.24) is 0 Å². The molecule has 27 heavy (non-hydrogen) atoms. The second-order valence-electron chi connectivity index (χ2n) is 6.22. The van der Waals surface area contributed by atoms with Crippen LogP contribution in [-0.4, -0.2) is 15.6 Å². The fourth-order valence-corrected chi connectivity index (χ4v) is 2.96. The number of rotatable bonds is 4. The Labute approximate surface area is 154 Å². The van der Waals surface area contributed by atoms with Crippen molar-refractivity contribution >= 4 is 29.3 Å². The Morgan fingerprint density at radius 1 is 0.704 bits per heavy atom. The number of nitro groups is 2. The molecule has 3 rings (SSSR count). The lowest BCUT2D eigenvalue weighted by molar-refractivity contribution is -0.385. The molecule has 1 fully saturated rings. The first-order chi connectivity index (χ1) is 12.9. The van der Waals surface area contributed by atoms with Crippen molar-refractivity contribution in [2.24, 2.45) is 0 Å². The van der Waals surface area contributed by atoms with E-state index in [0.717, 1.165) is 17.5 Å². The molecule has 0 aromatic heterocycles. The third-order valence-electron chi connectivity index (χ3n) is 4.37. The molecule has 0 N–H and O–H groups in total. The van der Waals surface area contributed by atoms with Crippen LogP contribution < -0.4 is 0 Å². The highest BCUT2D eigenvalue weighted by Gasteiger charge is 2.20. The second-order valence-corrected chi connectivity index (χ2v) is 6.22. The number of hydrogen-bond donors (Lipinski definition) is 0. The number of carbonyl (C=O) groups is 1. The van der Waals surface area contributed by atoms with Crippen LogP contribution in [0.2, 0.25) is 0 Å². The number of hydrogen-bond acceptors (Lipinski definition) is 5. The van der Waals surface area contributed by atoms with Gasteiger partial charge in [-0.3, -0.25) is 25.0 Å². The largest absolute Gasteiger partial charge is 0.289 e. The number of nitrogens with zero attached hydrogens (tertiary/aromatic N) is 2. The summed E-state index contributed by atoms with van der Waals surface area (Å²) in [4.78, 5) is 33.2. The predicted molar refractivity (Wildman–Crippen MR) is 101 cm³/mol. The Bertz CT molecular complexity index is 879. The van der Waals surface area contributed by atoms with Crippen LogP contribution in [0.15, 0.2) is 59.7 Å². The monoisotopic (exact) mass is 364 g/mol. The van der Waals surface area contributed by atoms with E-state index in [0.29, 0.717) is 24.0 Å². The van der Waals surface area contributed by atoms with Gasteiger partial charge in [-0.2, -0.15) is 0 Å². The molecule has 0 saturated heterocycles. The van der Waals surface area contributed by atoms with Gasteiger partial charge in [-0.1, -0.05) is 0 Å². The maximum Gasteiger partial charge on any atom is 0.269 e. The number of nitro benzene ring substituents is 2. The highest BCUT2D eigenvalue weighted by atomic mass is 16.6. The molecule has 1 aliphatic rings. The van der Waals surface area contributed by atoms with Crippen molar-refractivity contribution in [3.05, 3.63) is 91.0 Å². The lowest BCUT2D eigenvalue weighted by Gasteiger charge is -2.16. The first-order valence-electron chi connectivity index (χ1n) is 8.39. The number of benzene rings is 2. The summed E-state index contributed by atoms with van der Waals surface area (Å²) in [7, 11) is 0. The molecule has 0 radical (unpaired) electrons. The van der Waals surface area contributed by atoms with Gasteiger partial charge in [0.2, 0.25) is 0 Å². The van der Waals surface area contributed by atoms with Gasteiger partial charge in [0.25, 0.3) is 11.4 Å². The molecule has 136 valence electrons. The van der Waals surface area contributed by atoms with Crippen molar-refractivity contribution in [3.63, 3.8) is 0 Å². The van der Waals surface area contributed by atoms with Crippen LogP contribution in [0.25, 0.3) is 12.2 Å². The van der Waals surface area contributed by atoms with Crippen molar-refractivity contribution in [3.8, 4) is 0 Å². The molecular weight excluding hydrogens is 348 g/mol. The van der Waals surface area contributed by atoms with Gasteiger partial charge in [-0.15, -0.1) is 0 Å². The molecule has 1 saturated carbocycles. The minimum Gasteiger partial charge on any atom is -0.289 e. The number of non-ortho nitro benzene ring substituents is 2. The molecule has 2 aromatic carbocycles. The van der Waals surface area contributed by atoms with E-state index in [1.165, 1.54) is 24.3 Å². The van der Waals surface area contributed by atoms with Crippen LogP contribution in [0.5, 0.6) is 0 Å². The zero-order valence-electron chi connectivity index (χ0n) is 14.3. The summed E-state index contributed by atoms with van der Waals surface area (Å²) < 4.78 is 0. The molecule has 0 heterocycles. The highest BCUT2D eigenvalue weighted by Crippen LogP contribution is 2.28. The van der Waals surface area contributed by atoms with E-state index >= 15 is 0 Å². The zero-order valence-corrected chi connectivity index (χ0v) is 14.3. The fourth-order valence-electron chi connectivity index (χ4n) is 2.96. The van der Waals surface area contributed by atoms with Gasteiger partial charge in [0.15, 0.2) is 5.78 Å². The molecule has 0 unspecified atom stereocenters. The normalized spacial score (nSPS) is 17.3. The summed E-state index contributed by atoms with van der Waals surface area (Å²) in [5, 5.41) is 21.4. The van der Waals surface area contributed by atoms with Gasteiger partial charge in [0.05, 0.1) is 9.85 Å². The highest BCUT2D eigenvalue weighted by molar-refractivity contribution is 6.13. The van der Waals surface area contributed by atoms with E-state index < -0.39 is 9.85 Å². The molecule has 0 amide bonds. The van der Waals surface area contributed by atoms with Gasteiger partial charge in [0.1, 0.15) is 0 Å². The van der Waals surface area contributed by atoms with Crippen molar-refractivity contribution in [2.75, 3.05) is 0 Å². The molecule has 1 aliphatic carbocycles. The van der Waals surface area contributed by atoms with Gasteiger partial charge < -0.3 is 0 Å². The van der Waals surface area contributed by atoms with Gasteiger partial charge >= 0.3 is 0 Å². The first-order valence-corrected chi connectivity index (χ1v) is 8.39. The van der Waals surface area contributed by atoms with Crippen LogP contribution in [-0.2, 0) is 4.79 Å². The summed E-state index contributed by atoms with van der Waals surface area (Å²) >= 11 is 0. The summed E-state index contributed by atoms with van der Waals surface area (Å²) in [6.07, 6.45) is 5.63. The molecular formula is C20H16N2O5. The summed E-state index contributed by atoms with van der Waals surface area (Å²) in [5.74, 6) is -0.0574. The smallest absolute Gasteiger partial charge is 0.269 e. The third kappa shape index (κ3) is 4.33. The van der Waals surface area contributed by atoms with E-state index in [2.05, 4.69) is 0 Å². The Balaban J connectivity index is 1.82. The Hall–Kier alpha value is -3.61. The summed E-state index contributed by atoms with van der Waals surface area (Å²) in [6.45, 7) is 0. The van der Waals surface area contributed by atoms with Crippen molar-refractivity contribution in [2.45, 2.75) is 19.3 Å². The van der Waals surface area contributed by atoms with Crippen LogP contribution in [0.4, 0.5) is 11.4 Å². The lowest BCUT2D eigenvalue weighted by atomic mass is 9.87. The second kappa shape index (κ2) is 7.74. The SMILES string of the molecule is O=C1/C(=C/c2ccc([N+](=O)[O-])cc2)CCC/C1=C\c1ccc([N+](=O)[O-])cc1. The summed E-state index contributed by atoms with van der Waals surface area (Å²) in [6, 6.07) is 12.1. The molecule has 0 bridgehead atoms. The van der Waals surface area contributed by atoms with Crippen LogP contribution in [0, 0.1) is 20.2 Å². The molecule has 0 spiro atoms. The van der Waals surface area contributed by atoms with Crippen LogP contribution >= 0.6 is 0 Å². The van der Waals surface area contributed by atoms with Gasteiger partial charge in [0, 0.05) is 35.4 Å². The van der Waals surface area contributed by atoms with Crippen LogP contribution in [0.3, 0.4) is 0 Å². The number of Topliss-reactive ketones (excluding diaryl/α,β-unsaturated/α-hetero) is 1. The topological polar surface area (TPSA) is 103 Å². The summed E-state index contributed by atoms with van der Waals surface area (Å²) in [5.41, 5.74) is 2.80. The quantitative estimate of drug-likeness (QED) is 0.443. The van der Waals surface area contributed by atoms with E-state index in [-0.39, 0.29) is 17.2 Å². The molecule has 7 heteroatoms.